The summed E-state index contributed by atoms with van der Waals surface area (Å²) in [5.74, 6) is -2.21. The Hall–Kier alpha value is -2.57. The zero-order valence-electron chi connectivity index (χ0n) is 11.4. The Morgan fingerprint density at radius 2 is 1.81 bits per heavy atom. The predicted molar refractivity (Wildman–Crippen MR) is 75.2 cm³/mol. The van der Waals surface area contributed by atoms with E-state index in [2.05, 4.69) is 5.32 Å². The van der Waals surface area contributed by atoms with Crippen LogP contribution in [0.5, 0.6) is 5.75 Å². The van der Waals surface area contributed by atoms with Crippen molar-refractivity contribution in [3.05, 3.63) is 24.3 Å². The number of likely N-dealkylation sites (tertiary alicyclic amines) is 1. The highest BCUT2D eigenvalue weighted by atomic mass is 16.3. The highest BCUT2D eigenvalue weighted by molar-refractivity contribution is 6.39. The predicted octanol–water partition coefficient (Wildman–Crippen LogP) is 0.0546. The number of hydrogen-bond acceptors (Lipinski definition) is 4. The van der Waals surface area contributed by atoms with Crippen molar-refractivity contribution < 1.29 is 19.5 Å². The van der Waals surface area contributed by atoms with Gasteiger partial charge in [0, 0.05) is 19.0 Å². The number of amides is 3. The van der Waals surface area contributed by atoms with Crippen molar-refractivity contribution in [2.24, 2.45) is 11.7 Å². The molecular formula is C14H17N3O4. The first-order valence-electron chi connectivity index (χ1n) is 6.66. The van der Waals surface area contributed by atoms with Gasteiger partial charge in [0.05, 0.1) is 5.69 Å². The molecule has 0 aliphatic carbocycles. The number of benzene rings is 1. The monoisotopic (exact) mass is 291 g/mol. The fourth-order valence-corrected chi connectivity index (χ4v) is 2.27. The molecule has 0 unspecified atom stereocenters. The molecule has 3 amide bonds. The first kappa shape index (κ1) is 14.8. The quantitative estimate of drug-likeness (QED) is 0.528. The molecule has 1 saturated heterocycles. The second-order valence-corrected chi connectivity index (χ2v) is 4.94. The van der Waals surface area contributed by atoms with Gasteiger partial charge in [0.1, 0.15) is 5.75 Å². The maximum Gasteiger partial charge on any atom is 0.314 e. The highest BCUT2D eigenvalue weighted by Crippen LogP contribution is 2.22. The Kier molecular flexibility index (Phi) is 4.42. The summed E-state index contributed by atoms with van der Waals surface area (Å²) in [5.41, 5.74) is 5.40. The van der Waals surface area contributed by atoms with Crippen LogP contribution in [0.4, 0.5) is 5.69 Å². The summed E-state index contributed by atoms with van der Waals surface area (Å²) in [7, 11) is 0. The van der Waals surface area contributed by atoms with Crippen LogP contribution in [0, 0.1) is 5.92 Å². The normalized spacial score (nSPS) is 15.5. The summed E-state index contributed by atoms with van der Waals surface area (Å²) in [5, 5.41) is 11.9. The minimum atomic E-state index is -0.811. The van der Waals surface area contributed by atoms with E-state index in [4.69, 9.17) is 5.73 Å². The Morgan fingerprint density at radius 3 is 2.38 bits per heavy atom. The minimum absolute atomic E-state index is 0.105. The number of carbonyl (C=O) groups is 3. The van der Waals surface area contributed by atoms with Gasteiger partial charge in [0.2, 0.25) is 5.91 Å². The largest absolute Gasteiger partial charge is 0.506 e. The summed E-state index contributed by atoms with van der Waals surface area (Å²) in [6, 6.07) is 6.16. The van der Waals surface area contributed by atoms with E-state index < -0.39 is 11.8 Å². The molecule has 0 saturated carbocycles. The summed E-state index contributed by atoms with van der Waals surface area (Å²) < 4.78 is 0. The Morgan fingerprint density at radius 1 is 1.19 bits per heavy atom. The number of hydrogen-bond donors (Lipinski definition) is 3. The standard InChI is InChI=1S/C14H17N3O4/c15-12(19)9-5-7-17(8-6-9)14(21)13(20)16-10-3-1-2-4-11(10)18/h1-4,9,18H,5-8H2,(H2,15,19)(H,16,20). The molecule has 2 rings (SSSR count). The second kappa shape index (κ2) is 6.25. The van der Waals surface area contributed by atoms with E-state index >= 15 is 0 Å². The van der Waals surface area contributed by atoms with Crippen LogP contribution >= 0.6 is 0 Å². The lowest BCUT2D eigenvalue weighted by Gasteiger charge is -2.29. The third-order valence-electron chi connectivity index (χ3n) is 3.53. The van der Waals surface area contributed by atoms with E-state index in [1.54, 1.807) is 12.1 Å². The lowest BCUT2D eigenvalue weighted by molar-refractivity contribution is -0.144. The smallest absolute Gasteiger partial charge is 0.314 e. The lowest BCUT2D eigenvalue weighted by Crippen LogP contribution is -2.46. The average molecular weight is 291 g/mol. The molecule has 1 aliphatic rings. The zero-order valence-corrected chi connectivity index (χ0v) is 11.4. The lowest BCUT2D eigenvalue weighted by atomic mass is 9.96. The van der Waals surface area contributed by atoms with Crippen molar-refractivity contribution in [3.8, 4) is 5.75 Å². The molecule has 1 fully saturated rings. The molecule has 0 atom stereocenters. The molecule has 21 heavy (non-hydrogen) atoms. The summed E-state index contributed by atoms with van der Waals surface area (Å²) in [6.45, 7) is 0.640. The van der Waals surface area contributed by atoms with Gasteiger partial charge < -0.3 is 21.1 Å². The van der Waals surface area contributed by atoms with E-state index in [0.717, 1.165) is 0 Å². The fraction of sp³-hybridized carbons (Fsp3) is 0.357. The van der Waals surface area contributed by atoms with E-state index in [1.807, 2.05) is 0 Å². The molecule has 0 spiro atoms. The third kappa shape index (κ3) is 3.50. The summed E-state index contributed by atoms with van der Waals surface area (Å²) >= 11 is 0. The van der Waals surface area contributed by atoms with Crippen molar-refractivity contribution in [2.75, 3.05) is 18.4 Å². The number of nitrogens with zero attached hydrogens (tertiary/aromatic N) is 1. The molecule has 1 heterocycles. The summed E-state index contributed by atoms with van der Waals surface area (Å²) in [6.07, 6.45) is 0.926. The maximum atomic E-state index is 12.0. The van der Waals surface area contributed by atoms with Crippen molar-refractivity contribution in [2.45, 2.75) is 12.8 Å². The molecule has 4 N–H and O–H groups in total. The van der Waals surface area contributed by atoms with Gasteiger partial charge in [-0.3, -0.25) is 14.4 Å². The highest BCUT2D eigenvalue weighted by Gasteiger charge is 2.29. The molecule has 0 bridgehead atoms. The van der Waals surface area contributed by atoms with E-state index in [1.165, 1.54) is 17.0 Å². The molecule has 7 nitrogen and oxygen atoms in total. The number of primary amides is 1. The van der Waals surface area contributed by atoms with E-state index in [-0.39, 0.29) is 23.3 Å². The van der Waals surface area contributed by atoms with Gasteiger partial charge in [-0.25, -0.2) is 0 Å². The number of para-hydroxylation sites is 2. The molecule has 112 valence electrons. The second-order valence-electron chi connectivity index (χ2n) is 4.94. The van der Waals surface area contributed by atoms with Gasteiger partial charge in [-0.05, 0) is 25.0 Å². The van der Waals surface area contributed by atoms with Crippen LogP contribution in [0.25, 0.3) is 0 Å². The molecule has 0 aromatic heterocycles. The molecule has 1 aromatic carbocycles. The Bertz CT molecular complexity index is 565. The van der Waals surface area contributed by atoms with Crippen LogP contribution in [0.3, 0.4) is 0 Å². The van der Waals surface area contributed by atoms with Gasteiger partial charge in [0.15, 0.2) is 0 Å². The first-order valence-corrected chi connectivity index (χ1v) is 6.66. The first-order chi connectivity index (χ1) is 9.99. The number of piperidine rings is 1. The molecule has 1 aromatic rings. The topological polar surface area (TPSA) is 113 Å². The number of aromatic hydroxyl groups is 1. The molecular weight excluding hydrogens is 274 g/mol. The van der Waals surface area contributed by atoms with Crippen molar-refractivity contribution in [3.63, 3.8) is 0 Å². The van der Waals surface area contributed by atoms with Crippen LogP contribution in [-0.2, 0) is 14.4 Å². The van der Waals surface area contributed by atoms with Crippen molar-refractivity contribution in [1.29, 1.82) is 0 Å². The number of carbonyl (C=O) groups excluding carboxylic acids is 3. The van der Waals surface area contributed by atoms with E-state index in [9.17, 15) is 19.5 Å². The van der Waals surface area contributed by atoms with Crippen LogP contribution in [0.1, 0.15) is 12.8 Å². The minimum Gasteiger partial charge on any atom is -0.506 e. The van der Waals surface area contributed by atoms with Crippen LogP contribution in [0.15, 0.2) is 24.3 Å². The van der Waals surface area contributed by atoms with Gasteiger partial charge in [-0.15, -0.1) is 0 Å². The van der Waals surface area contributed by atoms with Crippen molar-refractivity contribution >= 4 is 23.4 Å². The SMILES string of the molecule is NC(=O)C1CCN(C(=O)C(=O)Nc2ccccc2O)CC1. The average Bonchev–Trinajstić information content (AvgIpc) is 2.49. The van der Waals surface area contributed by atoms with Gasteiger partial charge in [0.25, 0.3) is 0 Å². The fourth-order valence-electron chi connectivity index (χ4n) is 2.27. The Labute approximate surface area is 121 Å². The number of phenolic OH excluding ortho intramolecular Hbond substituents is 1. The molecule has 1 aliphatic heterocycles. The summed E-state index contributed by atoms with van der Waals surface area (Å²) in [4.78, 5) is 36.3. The molecule has 7 heteroatoms. The van der Waals surface area contributed by atoms with Crippen LogP contribution < -0.4 is 11.1 Å². The van der Waals surface area contributed by atoms with Gasteiger partial charge in [-0.2, -0.15) is 0 Å². The van der Waals surface area contributed by atoms with Crippen LogP contribution in [-0.4, -0.2) is 40.8 Å². The number of nitrogens with two attached hydrogens (primary N) is 1. The number of rotatable bonds is 2. The maximum absolute atomic E-state index is 12.0. The van der Waals surface area contributed by atoms with Gasteiger partial charge in [-0.1, -0.05) is 12.1 Å². The zero-order chi connectivity index (χ0) is 15.4. The third-order valence-corrected chi connectivity index (χ3v) is 3.53. The number of nitrogens with one attached hydrogen (secondary N) is 1. The van der Waals surface area contributed by atoms with E-state index in [0.29, 0.717) is 25.9 Å². The van der Waals surface area contributed by atoms with Crippen molar-refractivity contribution in [1.82, 2.24) is 4.90 Å². The number of phenols is 1. The molecule has 0 radical (unpaired) electrons. The Balaban J connectivity index is 1.93. The van der Waals surface area contributed by atoms with Gasteiger partial charge >= 0.3 is 11.8 Å². The number of anilines is 1. The van der Waals surface area contributed by atoms with Crippen LogP contribution in [0.2, 0.25) is 0 Å².